The molecule has 1 saturated heterocycles. The number of carbonyl (C=O) groups excluding carboxylic acids is 1. The van der Waals surface area contributed by atoms with Gasteiger partial charge in [0.05, 0.1) is 0 Å². The summed E-state index contributed by atoms with van der Waals surface area (Å²) in [6.45, 7) is 13.1. The van der Waals surface area contributed by atoms with E-state index >= 15 is 0 Å². The Balaban J connectivity index is 1.95. The van der Waals surface area contributed by atoms with Crippen molar-refractivity contribution in [2.24, 2.45) is 0 Å². The van der Waals surface area contributed by atoms with E-state index in [1.165, 1.54) is 11.1 Å². The predicted molar refractivity (Wildman–Crippen MR) is 96.6 cm³/mol. The molecule has 23 heavy (non-hydrogen) atoms. The molecular formula is C18H27BrN2O2. The quantitative estimate of drug-likeness (QED) is 0.768. The van der Waals surface area contributed by atoms with Crippen molar-refractivity contribution in [1.29, 1.82) is 0 Å². The summed E-state index contributed by atoms with van der Waals surface area (Å²) in [5.74, 6) is 0. The second-order valence-electron chi connectivity index (χ2n) is 7.34. The van der Waals surface area contributed by atoms with Gasteiger partial charge in [-0.25, -0.2) is 4.79 Å². The number of ether oxygens (including phenoxy) is 1. The van der Waals surface area contributed by atoms with Crippen molar-refractivity contribution < 1.29 is 9.53 Å². The summed E-state index contributed by atoms with van der Waals surface area (Å²) in [5, 5.41) is 0. The monoisotopic (exact) mass is 382 g/mol. The number of hydrogen-bond donors (Lipinski definition) is 0. The topological polar surface area (TPSA) is 32.8 Å². The Morgan fingerprint density at radius 2 is 2.04 bits per heavy atom. The van der Waals surface area contributed by atoms with Crippen LogP contribution in [0.4, 0.5) is 4.79 Å². The van der Waals surface area contributed by atoms with Crippen LogP contribution >= 0.6 is 15.9 Å². The van der Waals surface area contributed by atoms with E-state index in [1.54, 1.807) is 0 Å². The molecule has 1 aliphatic heterocycles. The summed E-state index contributed by atoms with van der Waals surface area (Å²) in [6.07, 6.45) is -0.208. The maximum absolute atomic E-state index is 12.2. The van der Waals surface area contributed by atoms with Gasteiger partial charge in [-0.05, 0) is 51.8 Å². The van der Waals surface area contributed by atoms with Crippen molar-refractivity contribution in [3.63, 3.8) is 0 Å². The van der Waals surface area contributed by atoms with E-state index in [0.29, 0.717) is 19.1 Å². The first-order valence-corrected chi connectivity index (χ1v) is 8.92. The molecule has 4 nitrogen and oxygen atoms in total. The van der Waals surface area contributed by atoms with Crippen molar-refractivity contribution in [2.45, 2.75) is 52.8 Å². The zero-order valence-electron chi connectivity index (χ0n) is 14.7. The highest BCUT2D eigenvalue weighted by molar-refractivity contribution is 9.10. The molecule has 0 unspecified atom stereocenters. The molecule has 5 heteroatoms. The van der Waals surface area contributed by atoms with Gasteiger partial charge in [-0.2, -0.15) is 0 Å². The molecule has 1 fully saturated rings. The van der Waals surface area contributed by atoms with E-state index in [1.807, 2.05) is 25.7 Å². The minimum absolute atomic E-state index is 0.208. The fourth-order valence-corrected chi connectivity index (χ4v) is 3.34. The van der Waals surface area contributed by atoms with Crippen molar-refractivity contribution in [3.05, 3.63) is 33.8 Å². The number of hydrogen-bond acceptors (Lipinski definition) is 3. The molecule has 1 aliphatic rings. The number of halogens is 1. The minimum Gasteiger partial charge on any atom is -0.444 e. The number of carbonyl (C=O) groups is 1. The van der Waals surface area contributed by atoms with Crippen molar-refractivity contribution >= 4 is 22.0 Å². The van der Waals surface area contributed by atoms with Crippen LogP contribution < -0.4 is 0 Å². The van der Waals surface area contributed by atoms with Gasteiger partial charge in [-0.1, -0.05) is 28.1 Å². The van der Waals surface area contributed by atoms with E-state index in [0.717, 1.165) is 17.6 Å². The molecule has 1 heterocycles. The molecule has 0 bridgehead atoms. The average molecular weight is 383 g/mol. The predicted octanol–water partition coefficient (Wildman–Crippen LogP) is 4.20. The van der Waals surface area contributed by atoms with Gasteiger partial charge in [0.15, 0.2) is 0 Å². The van der Waals surface area contributed by atoms with Crippen LogP contribution in [0.2, 0.25) is 0 Å². The lowest BCUT2D eigenvalue weighted by Gasteiger charge is -2.40. The Bertz CT molecular complexity index is 569. The number of piperazine rings is 1. The van der Waals surface area contributed by atoms with Crippen LogP contribution in [-0.2, 0) is 11.3 Å². The highest BCUT2D eigenvalue weighted by atomic mass is 79.9. The SMILES string of the molecule is Cc1ccc(CN2CCN(C(=O)OC(C)(C)C)C[C@H]2C)c(Br)c1. The summed E-state index contributed by atoms with van der Waals surface area (Å²) < 4.78 is 6.62. The summed E-state index contributed by atoms with van der Waals surface area (Å²) in [5.41, 5.74) is 2.10. The van der Waals surface area contributed by atoms with Crippen LogP contribution in [-0.4, -0.2) is 47.2 Å². The number of nitrogens with zero attached hydrogens (tertiary/aromatic N) is 2. The van der Waals surface area contributed by atoms with Crippen LogP contribution in [0.5, 0.6) is 0 Å². The Hall–Kier alpha value is -1.07. The first kappa shape index (κ1) is 18.3. The normalized spacial score (nSPS) is 19.7. The van der Waals surface area contributed by atoms with Crippen LogP contribution in [0, 0.1) is 6.92 Å². The minimum atomic E-state index is -0.440. The largest absolute Gasteiger partial charge is 0.444 e. The Kier molecular flexibility index (Phi) is 5.74. The van der Waals surface area contributed by atoms with Gasteiger partial charge in [-0.15, -0.1) is 0 Å². The fraction of sp³-hybridized carbons (Fsp3) is 0.611. The molecule has 2 rings (SSSR count). The molecule has 0 saturated carbocycles. The summed E-state index contributed by atoms with van der Waals surface area (Å²) in [7, 11) is 0. The molecule has 0 radical (unpaired) electrons. The average Bonchev–Trinajstić information content (AvgIpc) is 2.41. The molecule has 0 spiro atoms. The van der Waals surface area contributed by atoms with E-state index in [4.69, 9.17) is 4.74 Å². The molecule has 1 amide bonds. The van der Waals surface area contributed by atoms with E-state index in [9.17, 15) is 4.79 Å². The number of benzene rings is 1. The second kappa shape index (κ2) is 7.22. The van der Waals surface area contributed by atoms with E-state index in [-0.39, 0.29) is 6.09 Å². The zero-order chi connectivity index (χ0) is 17.2. The Labute approximate surface area is 147 Å². The second-order valence-corrected chi connectivity index (χ2v) is 8.20. The fourth-order valence-electron chi connectivity index (χ4n) is 2.72. The summed E-state index contributed by atoms with van der Waals surface area (Å²) >= 11 is 3.65. The van der Waals surface area contributed by atoms with Crippen LogP contribution in [0.15, 0.2) is 22.7 Å². The highest BCUT2D eigenvalue weighted by Gasteiger charge is 2.29. The van der Waals surface area contributed by atoms with Gasteiger partial charge < -0.3 is 9.64 Å². The van der Waals surface area contributed by atoms with Crippen molar-refractivity contribution in [1.82, 2.24) is 9.80 Å². The lowest BCUT2D eigenvalue weighted by Crippen LogP contribution is -2.54. The zero-order valence-corrected chi connectivity index (χ0v) is 16.3. The third kappa shape index (κ3) is 5.21. The van der Waals surface area contributed by atoms with Crippen LogP contribution in [0.3, 0.4) is 0 Å². The molecule has 1 atom stereocenters. The van der Waals surface area contributed by atoms with Gasteiger partial charge >= 0.3 is 6.09 Å². The summed E-state index contributed by atoms with van der Waals surface area (Å²) in [4.78, 5) is 16.4. The third-order valence-corrected chi connectivity index (χ3v) is 4.74. The Morgan fingerprint density at radius 1 is 1.35 bits per heavy atom. The molecule has 1 aromatic rings. The third-order valence-electron chi connectivity index (χ3n) is 4.00. The molecule has 1 aromatic carbocycles. The lowest BCUT2D eigenvalue weighted by atomic mass is 10.1. The van der Waals surface area contributed by atoms with Crippen LogP contribution in [0.25, 0.3) is 0 Å². The van der Waals surface area contributed by atoms with Crippen molar-refractivity contribution in [2.75, 3.05) is 19.6 Å². The summed E-state index contributed by atoms with van der Waals surface area (Å²) in [6, 6.07) is 6.77. The van der Waals surface area contributed by atoms with Crippen molar-refractivity contribution in [3.8, 4) is 0 Å². The molecular weight excluding hydrogens is 356 g/mol. The Morgan fingerprint density at radius 3 is 2.61 bits per heavy atom. The van der Waals surface area contributed by atoms with Crippen LogP contribution in [0.1, 0.15) is 38.8 Å². The highest BCUT2D eigenvalue weighted by Crippen LogP contribution is 2.22. The number of aryl methyl sites for hydroxylation is 1. The van der Waals surface area contributed by atoms with E-state index < -0.39 is 5.60 Å². The maximum atomic E-state index is 12.2. The number of amides is 1. The van der Waals surface area contributed by atoms with Gasteiger partial charge in [0.25, 0.3) is 0 Å². The van der Waals surface area contributed by atoms with Gasteiger partial charge in [-0.3, -0.25) is 4.90 Å². The standard InChI is InChI=1S/C18H27BrN2O2/c1-13-6-7-15(16(19)10-13)12-20-8-9-21(11-14(20)2)17(22)23-18(3,4)5/h6-7,10,14H,8-9,11-12H2,1-5H3/t14-/m1/s1. The van der Waals surface area contributed by atoms with Gasteiger partial charge in [0.1, 0.15) is 5.60 Å². The van der Waals surface area contributed by atoms with Gasteiger partial charge in [0.2, 0.25) is 0 Å². The molecule has 0 aromatic heterocycles. The van der Waals surface area contributed by atoms with E-state index in [2.05, 4.69) is 52.9 Å². The smallest absolute Gasteiger partial charge is 0.410 e. The maximum Gasteiger partial charge on any atom is 0.410 e. The molecule has 0 aliphatic carbocycles. The first-order chi connectivity index (χ1) is 10.7. The number of rotatable bonds is 2. The first-order valence-electron chi connectivity index (χ1n) is 8.13. The van der Waals surface area contributed by atoms with Gasteiger partial charge in [0, 0.05) is 36.7 Å². The molecule has 128 valence electrons. The molecule has 0 N–H and O–H groups in total. The lowest BCUT2D eigenvalue weighted by molar-refractivity contribution is 0.00458.